The molecule has 0 spiro atoms. The second-order valence-corrected chi connectivity index (χ2v) is 4.94. The summed E-state index contributed by atoms with van der Waals surface area (Å²) in [6, 6.07) is 6.07. The van der Waals surface area contributed by atoms with Crippen molar-refractivity contribution in [2.75, 3.05) is 5.75 Å². The molecule has 1 aromatic carbocycles. The van der Waals surface area contributed by atoms with Crippen molar-refractivity contribution in [1.29, 1.82) is 0 Å². The minimum absolute atomic E-state index is 0.651. The number of aryl methyl sites for hydroxylation is 1. The average Bonchev–Trinajstić information content (AvgIpc) is 2.52. The summed E-state index contributed by atoms with van der Waals surface area (Å²) >= 11 is 5.01. The van der Waals surface area contributed by atoms with Crippen molar-refractivity contribution in [2.45, 2.75) is 5.16 Å². The van der Waals surface area contributed by atoms with Crippen molar-refractivity contribution in [1.82, 2.24) is 9.55 Å². The number of nitrogens with zero attached hydrogens (tertiary/aromatic N) is 2. The van der Waals surface area contributed by atoms with Gasteiger partial charge in [0.2, 0.25) is 0 Å². The maximum atomic E-state index is 5.23. The summed E-state index contributed by atoms with van der Waals surface area (Å²) in [6.07, 6.45) is 5.23. The predicted molar refractivity (Wildman–Crippen MR) is 68.0 cm³/mol. The van der Waals surface area contributed by atoms with E-state index in [4.69, 9.17) is 6.42 Å². The van der Waals surface area contributed by atoms with E-state index in [2.05, 4.69) is 31.4 Å². The van der Waals surface area contributed by atoms with Gasteiger partial charge in [-0.15, -0.1) is 6.42 Å². The largest absolute Gasteiger partial charge is 0.322 e. The molecular weight excluding hydrogens is 272 g/mol. The molecule has 0 fully saturated rings. The van der Waals surface area contributed by atoms with E-state index >= 15 is 0 Å². The molecule has 0 N–H and O–H groups in total. The number of thioether (sulfide) groups is 1. The van der Waals surface area contributed by atoms with Crippen LogP contribution >= 0.6 is 27.7 Å². The highest BCUT2D eigenvalue weighted by atomic mass is 79.9. The third-order valence-corrected chi connectivity index (χ3v) is 3.51. The monoisotopic (exact) mass is 280 g/mol. The van der Waals surface area contributed by atoms with Crippen LogP contribution in [-0.2, 0) is 7.05 Å². The third-order valence-electron chi connectivity index (χ3n) is 2.09. The van der Waals surface area contributed by atoms with Crippen LogP contribution in [0.5, 0.6) is 0 Å². The molecule has 0 radical (unpaired) electrons. The van der Waals surface area contributed by atoms with Gasteiger partial charge in [-0.2, -0.15) is 0 Å². The molecule has 0 bridgehead atoms. The van der Waals surface area contributed by atoms with Crippen LogP contribution in [0.1, 0.15) is 0 Å². The highest BCUT2D eigenvalue weighted by molar-refractivity contribution is 9.10. The van der Waals surface area contributed by atoms with Crippen molar-refractivity contribution >= 4 is 38.7 Å². The molecule has 2 nitrogen and oxygen atoms in total. The summed E-state index contributed by atoms with van der Waals surface area (Å²) < 4.78 is 3.10. The van der Waals surface area contributed by atoms with Crippen molar-refractivity contribution in [3.8, 4) is 12.3 Å². The standard InChI is InChI=1S/C11H9BrN2S/c1-3-6-15-11-13-9-7-8(12)4-5-10(9)14(11)2/h1,4-5,7H,6H2,2H3. The summed E-state index contributed by atoms with van der Waals surface area (Å²) in [5, 5.41) is 0.959. The molecule has 76 valence electrons. The van der Waals surface area contributed by atoms with Gasteiger partial charge in [-0.25, -0.2) is 4.98 Å². The Morgan fingerprint density at radius 1 is 1.60 bits per heavy atom. The molecule has 1 heterocycles. The summed E-state index contributed by atoms with van der Waals surface area (Å²) in [4.78, 5) is 4.51. The molecule has 0 unspecified atom stereocenters. The number of halogens is 1. The first kappa shape index (κ1) is 10.6. The Labute approximate surface area is 101 Å². The number of hydrogen-bond donors (Lipinski definition) is 0. The van der Waals surface area contributed by atoms with Crippen LogP contribution in [0.2, 0.25) is 0 Å². The lowest BCUT2D eigenvalue weighted by Crippen LogP contribution is -1.90. The number of terminal acetylenes is 1. The number of rotatable bonds is 2. The van der Waals surface area contributed by atoms with E-state index in [9.17, 15) is 0 Å². The van der Waals surface area contributed by atoms with Gasteiger partial charge in [0, 0.05) is 11.5 Å². The molecule has 0 aliphatic rings. The quantitative estimate of drug-likeness (QED) is 0.622. The fraction of sp³-hybridized carbons (Fsp3) is 0.182. The SMILES string of the molecule is C#CCSc1nc2cc(Br)ccc2n1C. The molecule has 2 rings (SSSR count). The van der Waals surface area contributed by atoms with Crippen LogP contribution in [0.15, 0.2) is 27.8 Å². The average molecular weight is 281 g/mol. The molecule has 0 saturated carbocycles. The van der Waals surface area contributed by atoms with Crippen molar-refractivity contribution < 1.29 is 0 Å². The Kier molecular flexibility index (Phi) is 3.03. The van der Waals surface area contributed by atoms with Crippen LogP contribution in [0.4, 0.5) is 0 Å². The van der Waals surface area contributed by atoms with Crippen LogP contribution in [-0.4, -0.2) is 15.3 Å². The fourth-order valence-electron chi connectivity index (χ4n) is 1.39. The minimum Gasteiger partial charge on any atom is -0.322 e. The molecular formula is C11H9BrN2S. The first-order valence-electron chi connectivity index (χ1n) is 4.40. The van der Waals surface area contributed by atoms with Crippen molar-refractivity contribution in [3.63, 3.8) is 0 Å². The van der Waals surface area contributed by atoms with Gasteiger partial charge < -0.3 is 4.57 Å². The summed E-state index contributed by atoms with van der Waals surface area (Å²) in [5.74, 6) is 3.25. The van der Waals surface area contributed by atoms with Crippen molar-refractivity contribution in [2.24, 2.45) is 7.05 Å². The van der Waals surface area contributed by atoms with Crippen LogP contribution in [0.25, 0.3) is 11.0 Å². The summed E-state index contributed by atoms with van der Waals surface area (Å²) in [7, 11) is 2.00. The lowest BCUT2D eigenvalue weighted by molar-refractivity contribution is 0.816. The molecule has 0 aliphatic carbocycles. The van der Waals surface area contributed by atoms with Gasteiger partial charge in [0.15, 0.2) is 5.16 Å². The number of imidazole rings is 1. The van der Waals surface area contributed by atoms with Crippen LogP contribution in [0.3, 0.4) is 0 Å². The molecule has 15 heavy (non-hydrogen) atoms. The number of benzene rings is 1. The Morgan fingerprint density at radius 3 is 3.13 bits per heavy atom. The number of aromatic nitrogens is 2. The van der Waals surface area contributed by atoms with E-state index in [1.54, 1.807) is 11.8 Å². The second kappa shape index (κ2) is 4.30. The zero-order chi connectivity index (χ0) is 10.8. The van der Waals surface area contributed by atoms with E-state index in [0.717, 1.165) is 20.7 Å². The lowest BCUT2D eigenvalue weighted by Gasteiger charge is -1.98. The Hall–Kier alpha value is -0.920. The lowest BCUT2D eigenvalue weighted by atomic mass is 10.3. The minimum atomic E-state index is 0.651. The van der Waals surface area contributed by atoms with Gasteiger partial charge in [-0.05, 0) is 18.2 Å². The molecule has 0 aliphatic heterocycles. The predicted octanol–water partition coefficient (Wildman–Crippen LogP) is 3.06. The fourth-order valence-corrected chi connectivity index (χ4v) is 2.40. The van der Waals surface area contributed by atoms with Gasteiger partial charge in [0.05, 0.1) is 16.8 Å². The number of hydrogen-bond acceptors (Lipinski definition) is 2. The summed E-state index contributed by atoms with van der Waals surface area (Å²) in [5.41, 5.74) is 2.11. The van der Waals surface area contributed by atoms with E-state index in [1.165, 1.54) is 0 Å². The molecule has 4 heteroatoms. The van der Waals surface area contributed by atoms with Gasteiger partial charge in [0.25, 0.3) is 0 Å². The van der Waals surface area contributed by atoms with Crippen LogP contribution < -0.4 is 0 Å². The second-order valence-electron chi connectivity index (χ2n) is 3.08. The summed E-state index contributed by atoms with van der Waals surface area (Å²) in [6.45, 7) is 0. The van der Waals surface area contributed by atoms with E-state index in [1.807, 2.05) is 25.2 Å². The Balaban J connectivity index is 2.50. The highest BCUT2D eigenvalue weighted by Gasteiger charge is 2.07. The molecule has 0 saturated heterocycles. The third kappa shape index (κ3) is 2.04. The maximum absolute atomic E-state index is 5.23. The van der Waals surface area contributed by atoms with Gasteiger partial charge >= 0.3 is 0 Å². The first-order valence-corrected chi connectivity index (χ1v) is 6.18. The van der Waals surface area contributed by atoms with Crippen LogP contribution in [0, 0.1) is 12.3 Å². The zero-order valence-corrected chi connectivity index (χ0v) is 10.6. The van der Waals surface area contributed by atoms with E-state index < -0.39 is 0 Å². The molecule has 0 amide bonds. The normalized spacial score (nSPS) is 10.5. The molecule has 1 aromatic heterocycles. The smallest absolute Gasteiger partial charge is 0.169 e. The maximum Gasteiger partial charge on any atom is 0.169 e. The highest BCUT2D eigenvalue weighted by Crippen LogP contribution is 2.24. The van der Waals surface area contributed by atoms with Gasteiger partial charge in [-0.3, -0.25) is 0 Å². The van der Waals surface area contributed by atoms with Gasteiger partial charge in [0.1, 0.15) is 0 Å². The topological polar surface area (TPSA) is 17.8 Å². The Morgan fingerprint density at radius 2 is 2.40 bits per heavy atom. The van der Waals surface area contributed by atoms with Crippen molar-refractivity contribution in [3.05, 3.63) is 22.7 Å². The number of fused-ring (bicyclic) bond motifs is 1. The Bertz CT molecular complexity index is 539. The van der Waals surface area contributed by atoms with E-state index in [-0.39, 0.29) is 0 Å². The van der Waals surface area contributed by atoms with Gasteiger partial charge in [-0.1, -0.05) is 33.6 Å². The zero-order valence-electron chi connectivity index (χ0n) is 8.20. The molecule has 2 aromatic rings. The first-order chi connectivity index (χ1) is 7.22. The molecule has 0 atom stereocenters. The van der Waals surface area contributed by atoms with E-state index in [0.29, 0.717) is 5.75 Å².